The third-order valence-corrected chi connectivity index (χ3v) is 6.79. The highest BCUT2D eigenvalue weighted by molar-refractivity contribution is 5.91. The van der Waals surface area contributed by atoms with Crippen LogP contribution in [0.4, 0.5) is 28.2 Å². The number of carbonyl (C=O) groups excluding carboxylic acids is 1. The number of halogens is 4. The number of anilines is 1. The molecule has 1 aliphatic carbocycles. The highest BCUT2D eigenvalue weighted by Gasteiger charge is 2.37. The first kappa shape index (κ1) is 29.5. The van der Waals surface area contributed by atoms with E-state index in [1.807, 2.05) is 31.5 Å². The number of carbonyl (C=O) groups is 1. The first-order chi connectivity index (χ1) is 18.7. The number of hydrogen-bond acceptors (Lipinski definition) is 6. The van der Waals surface area contributed by atoms with E-state index in [0.29, 0.717) is 44.1 Å². The van der Waals surface area contributed by atoms with Crippen LogP contribution in [-0.4, -0.2) is 44.1 Å². The Morgan fingerprint density at radius 2 is 1.82 bits per heavy atom. The van der Waals surface area contributed by atoms with Crippen LogP contribution in [0.2, 0.25) is 0 Å². The van der Waals surface area contributed by atoms with Gasteiger partial charge in [-0.1, -0.05) is 13.8 Å². The number of pyridine rings is 2. The number of alkyl halides is 3. The van der Waals surface area contributed by atoms with Crippen molar-refractivity contribution in [3.63, 3.8) is 0 Å². The topological polar surface area (TPSA) is 82.4 Å². The van der Waals surface area contributed by atoms with Gasteiger partial charge in [-0.15, -0.1) is 0 Å². The third-order valence-electron chi connectivity index (χ3n) is 6.79. The molecule has 1 fully saturated rings. The van der Waals surface area contributed by atoms with E-state index >= 15 is 0 Å². The van der Waals surface area contributed by atoms with Crippen molar-refractivity contribution in [3.8, 4) is 5.88 Å². The molecule has 1 aliphatic rings. The van der Waals surface area contributed by atoms with Gasteiger partial charge >= 0.3 is 12.3 Å². The fraction of sp³-hybridized carbons (Fsp3) is 0.571. The maximum atomic E-state index is 14.4. The minimum absolute atomic E-state index is 0.0268. The van der Waals surface area contributed by atoms with Crippen molar-refractivity contribution in [3.05, 3.63) is 41.6 Å². The lowest BCUT2D eigenvalue weighted by atomic mass is 9.93. The highest BCUT2D eigenvalue weighted by Crippen LogP contribution is 2.38. The van der Waals surface area contributed by atoms with Gasteiger partial charge in [-0.2, -0.15) is 18.3 Å². The van der Waals surface area contributed by atoms with E-state index in [1.54, 1.807) is 27.0 Å². The molecule has 4 rings (SSSR count). The van der Waals surface area contributed by atoms with E-state index in [1.165, 1.54) is 4.90 Å². The number of rotatable bonds is 6. The molecule has 8 nitrogen and oxygen atoms in total. The molecule has 1 saturated carbocycles. The molecule has 3 aromatic rings. The highest BCUT2D eigenvalue weighted by atomic mass is 19.4. The van der Waals surface area contributed by atoms with Gasteiger partial charge in [0.2, 0.25) is 0 Å². The van der Waals surface area contributed by atoms with E-state index in [9.17, 15) is 22.4 Å². The molecule has 1 amide bonds. The molecule has 40 heavy (non-hydrogen) atoms. The van der Waals surface area contributed by atoms with Gasteiger partial charge in [-0.05, 0) is 65.4 Å². The maximum Gasteiger partial charge on any atom is 0.419 e. The summed E-state index contributed by atoms with van der Waals surface area (Å²) < 4.78 is 66.8. The van der Waals surface area contributed by atoms with E-state index < -0.39 is 41.2 Å². The molecule has 0 bridgehead atoms. The van der Waals surface area contributed by atoms with Crippen LogP contribution in [0.15, 0.2) is 24.5 Å². The van der Waals surface area contributed by atoms with Crippen LogP contribution in [0.5, 0.6) is 5.88 Å². The van der Waals surface area contributed by atoms with E-state index in [-0.39, 0.29) is 12.0 Å². The van der Waals surface area contributed by atoms with Gasteiger partial charge in [0.1, 0.15) is 17.5 Å². The molecule has 0 saturated heterocycles. The Hall–Kier alpha value is -3.44. The Morgan fingerprint density at radius 1 is 1.15 bits per heavy atom. The molecular weight excluding hydrogens is 530 g/mol. The van der Waals surface area contributed by atoms with Crippen molar-refractivity contribution >= 4 is 22.8 Å². The number of fused-ring (bicyclic) bond motifs is 1. The number of ether oxygens (including phenoxy) is 2. The first-order valence-electron chi connectivity index (χ1n) is 13.5. The second-order valence-corrected chi connectivity index (χ2v) is 11.3. The largest absolute Gasteiger partial charge is 0.472 e. The zero-order chi connectivity index (χ0) is 29.4. The second-order valence-electron chi connectivity index (χ2n) is 11.3. The normalized spacial score (nSPS) is 18.3. The molecule has 3 aromatic heterocycles. The lowest BCUT2D eigenvalue weighted by Gasteiger charge is -2.29. The number of nitrogens with zero attached hydrogens (tertiary/aromatic N) is 5. The Bertz CT molecular complexity index is 1360. The summed E-state index contributed by atoms with van der Waals surface area (Å²) in [5.74, 6) is -1.56. The molecule has 0 aromatic carbocycles. The van der Waals surface area contributed by atoms with Crippen LogP contribution in [0.25, 0.3) is 10.9 Å². The predicted octanol–water partition coefficient (Wildman–Crippen LogP) is 7.43. The lowest BCUT2D eigenvalue weighted by molar-refractivity contribution is -0.140. The summed E-state index contributed by atoms with van der Waals surface area (Å²) in [6.45, 7) is 11.7. The number of aromatic nitrogens is 4. The maximum absolute atomic E-state index is 14.4. The van der Waals surface area contributed by atoms with E-state index in [0.717, 1.165) is 22.8 Å². The minimum atomic E-state index is -4.83. The van der Waals surface area contributed by atoms with Crippen LogP contribution in [0, 0.1) is 5.82 Å². The molecule has 0 spiro atoms. The molecule has 0 atom stereocenters. The fourth-order valence-electron chi connectivity index (χ4n) is 4.89. The molecule has 0 radical (unpaired) electrons. The quantitative estimate of drug-likeness (QED) is 0.289. The summed E-state index contributed by atoms with van der Waals surface area (Å²) >= 11 is 0. The van der Waals surface area contributed by atoms with Crippen LogP contribution >= 0.6 is 0 Å². The monoisotopic (exact) mass is 565 g/mol. The van der Waals surface area contributed by atoms with Crippen molar-refractivity contribution in [1.82, 2.24) is 19.7 Å². The van der Waals surface area contributed by atoms with Gasteiger partial charge < -0.3 is 9.47 Å². The molecule has 3 heterocycles. The summed E-state index contributed by atoms with van der Waals surface area (Å²) in [6, 6.07) is 2.41. The van der Waals surface area contributed by atoms with Gasteiger partial charge in [0, 0.05) is 30.4 Å². The van der Waals surface area contributed by atoms with Crippen molar-refractivity contribution < 1.29 is 31.8 Å². The molecule has 0 N–H and O–H groups in total. The Labute approximate surface area is 230 Å². The zero-order valence-electron chi connectivity index (χ0n) is 23.5. The SMILES string of the molecule is CCN(C(=O)OC(C)(C)C)c1cc2c(cn1)c(C(C)C)nn2[C@H]1CC[C@@H](Oc2nccc(C(F)(F)F)c2F)CC1. The fourth-order valence-corrected chi connectivity index (χ4v) is 4.89. The smallest absolute Gasteiger partial charge is 0.419 e. The Morgan fingerprint density at radius 3 is 2.40 bits per heavy atom. The lowest BCUT2D eigenvalue weighted by Crippen LogP contribution is -2.37. The number of amides is 1. The van der Waals surface area contributed by atoms with Gasteiger partial charge in [0.25, 0.3) is 5.88 Å². The van der Waals surface area contributed by atoms with Gasteiger partial charge in [-0.3, -0.25) is 9.58 Å². The third kappa shape index (κ3) is 6.31. The minimum Gasteiger partial charge on any atom is -0.472 e. The van der Waals surface area contributed by atoms with E-state index in [2.05, 4.69) is 9.97 Å². The summed E-state index contributed by atoms with van der Waals surface area (Å²) in [7, 11) is 0. The van der Waals surface area contributed by atoms with Crippen LogP contribution < -0.4 is 9.64 Å². The van der Waals surface area contributed by atoms with Crippen molar-refractivity contribution in [2.24, 2.45) is 0 Å². The van der Waals surface area contributed by atoms with Crippen LogP contribution in [-0.2, 0) is 10.9 Å². The summed E-state index contributed by atoms with van der Waals surface area (Å²) in [5, 5.41) is 5.79. The first-order valence-corrected chi connectivity index (χ1v) is 13.5. The standard InChI is InChI=1S/C28H35F4N5O3/c1-7-36(26(38)40-27(4,5)6)22-14-21-19(15-34-22)24(16(2)3)35-37(21)17-8-10-18(11-9-17)39-25-23(29)20(12-13-33-25)28(30,31)32/h12-18H,7-11H2,1-6H3/t17-,18+. The molecule has 12 heteroatoms. The molecular formula is C28H35F4N5O3. The second kappa shape index (κ2) is 11.2. The van der Waals surface area contributed by atoms with Crippen LogP contribution in [0.1, 0.15) is 90.4 Å². The average molecular weight is 566 g/mol. The summed E-state index contributed by atoms with van der Waals surface area (Å²) in [4.78, 5) is 22.6. The van der Waals surface area contributed by atoms with Crippen molar-refractivity contribution in [1.29, 1.82) is 0 Å². The van der Waals surface area contributed by atoms with Crippen molar-refractivity contribution in [2.45, 2.75) is 97.1 Å². The molecule has 218 valence electrons. The molecule has 0 unspecified atom stereocenters. The van der Waals surface area contributed by atoms with E-state index in [4.69, 9.17) is 14.6 Å². The Balaban J connectivity index is 1.57. The average Bonchev–Trinajstić information content (AvgIpc) is 3.24. The van der Waals surface area contributed by atoms with Gasteiger partial charge in [0.05, 0.1) is 22.8 Å². The Kier molecular flexibility index (Phi) is 8.28. The van der Waals surface area contributed by atoms with Gasteiger partial charge in [-0.25, -0.2) is 19.2 Å². The van der Waals surface area contributed by atoms with Crippen LogP contribution in [0.3, 0.4) is 0 Å². The zero-order valence-corrected chi connectivity index (χ0v) is 23.5. The number of hydrogen-bond donors (Lipinski definition) is 0. The summed E-state index contributed by atoms with van der Waals surface area (Å²) in [5.41, 5.74) is -0.352. The molecule has 0 aliphatic heterocycles. The predicted molar refractivity (Wildman–Crippen MR) is 142 cm³/mol. The van der Waals surface area contributed by atoms with Crippen molar-refractivity contribution in [2.75, 3.05) is 11.4 Å². The van der Waals surface area contributed by atoms with Gasteiger partial charge in [0.15, 0.2) is 5.82 Å². The summed E-state index contributed by atoms with van der Waals surface area (Å²) in [6.07, 6.45) is -0.983.